The summed E-state index contributed by atoms with van der Waals surface area (Å²) in [6.07, 6.45) is 2.17. The van der Waals surface area contributed by atoms with Gasteiger partial charge in [0.05, 0.1) is 5.38 Å². The van der Waals surface area contributed by atoms with Gasteiger partial charge in [-0.15, -0.1) is 11.6 Å². The Morgan fingerprint density at radius 2 is 1.56 bits per heavy atom. The predicted molar refractivity (Wildman–Crippen MR) is 77.5 cm³/mol. The molecule has 0 bridgehead atoms. The van der Waals surface area contributed by atoms with Crippen molar-refractivity contribution < 1.29 is 4.74 Å². The highest BCUT2D eigenvalue weighted by Crippen LogP contribution is 2.40. The lowest BCUT2D eigenvalue weighted by molar-refractivity contribution is 0.0650. The summed E-state index contributed by atoms with van der Waals surface area (Å²) in [4.78, 5) is 0. The topological polar surface area (TPSA) is 9.23 Å². The summed E-state index contributed by atoms with van der Waals surface area (Å²) in [5.41, 5.74) is 6.80. The molecule has 1 atom stereocenters. The highest BCUT2D eigenvalue weighted by molar-refractivity contribution is 6.21. The van der Waals surface area contributed by atoms with Crippen LogP contribution in [0.25, 0.3) is 0 Å². The van der Waals surface area contributed by atoms with Crippen molar-refractivity contribution in [1.82, 2.24) is 0 Å². The molecule has 1 saturated heterocycles. The number of halogens is 1. The summed E-state index contributed by atoms with van der Waals surface area (Å²) >= 11 is 6.78. The van der Waals surface area contributed by atoms with E-state index in [1.807, 2.05) is 0 Å². The Kier molecular flexibility index (Phi) is 4.34. The third kappa shape index (κ3) is 2.57. The maximum atomic E-state index is 6.78. The predicted octanol–water partition coefficient (Wildman–Crippen LogP) is 4.63. The molecule has 1 nitrogen and oxygen atoms in total. The van der Waals surface area contributed by atoms with Crippen LogP contribution < -0.4 is 0 Å². The molecule has 0 aliphatic carbocycles. The first-order chi connectivity index (χ1) is 8.52. The Morgan fingerprint density at radius 3 is 2.06 bits per heavy atom. The Bertz CT molecular complexity index is 407. The zero-order valence-corrected chi connectivity index (χ0v) is 12.6. The van der Waals surface area contributed by atoms with Crippen molar-refractivity contribution in [2.45, 2.75) is 45.9 Å². The van der Waals surface area contributed by atoms with E-state index in [-0.39, 0.29) is 5.38 Å². The summed E-state index contributed by atoms with van der Waals surface area (Å²) in [5.74, 6) is 0.555. The highest BCUT2D eigenvalue weighted by Gasteiger charge is 2.26. The van der Waals surface area contributed by atoms with E-state index in [4.69, 9.17) is 16.3 Å². The van der Waals surface area contributed by atoms with Crippen molar-refractivity contribution in [3.05, 3.63) is 33.9 Å². The van der Waals surface area contributed by atoms with Crippen LogP contribution in [0.2, 0.25) is 0 Å². The second-order valence-electron chi connectivity index (χ2n) is 5.53. The van der Waals surface area contributed by atoms with Gasteiger partial charge in [0.25, 0.3) is 0 Å². The van der Waals surface area contributed by atoms with Gasteiger partial charge in [-0.1, -0.05) is 6.07 Å². The van der Waals surface area contributed by atoms with E-state index in [1.54, 1.807) is 0 Å². The smallest absolute Gasteiger partial charge is 0.0620 e. The Balaban J connectivity index is 2.37. The molecular weight excluding hydrogens is 244 g/mol. The van der Waals surface area contributed by atoms with Gasteiger partial charge in [0.2, 0.25) is 0 Å². The summed E-state index contributed by atoms with van der Waals surface area (Å²) in [5, 5.41) is 0.132. The number of alkyl halides is 1. The maximum absolute atomic E-state index is 6.78. The van der Waals surface area contributed by atoms with E-state index in [2.05, 4.69) is 33.8 Å². The van der Waals surface area contributed by atoms with E-state index in [1.165, 1.54) is 27.8 Å². The van der Waals surface area contributed by atoms with Gasteiger partial charge >= 0.3 is 0 Å². The fourth-order valence-corrected chi connectivity index (χ4v) is 3.48. The minimum atomic E-state index is 0.132. The van der Waals surface area contributed by atoms with Gasteiger partial charge in [-0.3, -0.25) is 0 Å². The molecule has 100 valence electrons. The Morgan fingerprint density at radius 1 is 1.06 bits per heavy atom. The minimum absolute atomic E-state index is 0.132. The number of hydrogen-bond donors (Lipinski definition) is 0. The lowest BCUT2D eigenvalue weighted by Crippen LogP contribution is -2.20. The molecule has 1 aromatic carbocycles. The van der Waals surface area contributed by atoms with Crippen LogP contribution >= 0.6 is 11.6 Å². The summed E-state index contributed by atoms with van der Waals surface area (Å²) in [7, 11) is 0. The molecule has 0 spiro atoms. The molecule has 0 radical (unpaired) electrons. The van der Waals surface area contributed by atoms with Crippen LogP contribution in [0.5, 0.6) is 0 Å². The number of aryl methyl sites for hydroxylation is 2. The molecule has 0 aromatic heterocycles. The van der Waals surface area contributed by atoms with Crippen LogP contribution in [-0.2, 0) is 4.74 Å². The minimum Gasteiger partial charge on any atom is -0.381 e. The second-order valence-corrected chi connectivity index (χ2v) is 6.00. The molecule has 2 rings (SSSR count). The van der Waals surface area contributed by atoms with Crippen molar-refractivity contribution in [2.75, 3.05) is 13.2 Å². The molecular formula is C16H23ClO. The zero-order chi connectivity index (χ0) is 13.3. The van der Waals surface area contributed by atoms with E-state index < -0.39 is 0 Å². The first-order valence-corrected chi connectivity index (χ1v) is 7.25. The van der Waals surface area contributed by atoms with Gasteiger partial charge in [-0.25, -0.2) is 0 Å². The largest absolute Gasteiger partial charge is 0.381 e. The molecule has 1 aliphatic rings. The maximum Gasteiger partial charge on any atom is 0.0620 e. The molecule has 0 saturated carbocycles. The molecule has 2 heteroatoms. The van der Waals surface area contributed by atoms with Gasteiger partial charge in [0, 0.05) is 13.2 Å². The number of benzene rings is 1. The van der Waals surface area contributed by atoms with E-state index in [0.717, 1.165) is 26.1 Å². The molecule has 1 aromatic rings. The molecule has 18 heavy (non-hydrogen) atoms. The standard InChI is InChI=1S/C16H23ClO/c1-10-9-11(2)13(4)15(12(10)3)16(17)14-5-7-18-8-6-14/h9,14,16H,5-8H2,1-4H3. The quantitative estimate of drug-likeness (QED) is 0.710. The molecule has 1 fully saturated rings. The molecule has 1 aliphatic heterocycles. The number of hydrogen-bond acceptors (Lipinski definition) is 1. The lowest BCUT2D eigenvalue weighted by Gasteiger charge is -2.29. The van der Waals surface area contributed by atoms with Crippen molar-refractivity contribution in [1.29, 1.82) is 0 Å². The van der Waals surface area contributed by atoms with Gasteiger partial charge in [-0.2, -0.15) is 0 Å². The second kappa shape index (κ2) is 5.63. The van der Waals surface area contributed by atoms with Crippen LogP contribution in [0.3, 0.4) is 0 Å². The van der Waals surface area contributed by atoms with Crippen molar-refractivity contribution >= 4 is 11.6 Å². The SMILES string of the molecule is Cc1cc(C)c(C)c(C(Cl)C2CCOCC2)c1C. The average Bonchev–Trinajstić information content (AvgIpc) is 2.37. The third-order valence-corrected chi connectivity index (χ3v) is 4.95. The van der Waals surface area contributed by atoms with Gasteiger partial charge < -0.3 is 4.74 Å². The fraction of sp³-hybridized carbons (Fsp3) is 0.625. The van der Waals surface area contributed by atoms with Crippen LogP contribution in [-0.4, -0.2) is 13.2 Å². The Labute approximate surface area is 115 Å². The molecule has 0 amide bonds. The van der Waals surface area contributed by atoms with E-state index in [9.17, 15) is 0 Å². The summed E-state index contributed by atoms with van der Waals surface area (Å²) in [6.45, 7) is 10.5. The number of ether oxygens (including phenoxy) is 1. The van der Waals surface area contributed by atoms with Crippen molar-refractivity contribution in [3.63, 3.8) is 0 Å². The van der Waals surface area contributed by atoms with Crippen LogP contribution in [0.1, 0.15) is 46.0 Å². The molecule has 1 unspecified atom stereocenters. The van der Waals surface area contributed by atoms with E-state index in [0.29, 0.717) is 5.92 Å². The third-order valence-electron chi connectivity index (χ3n) is 4.38. The lowest BCUT2D eigenvalue weighted by atomic mass is 9.85. The first-order valence-electron chi connectivity index (χ1n) is 6.81. The Hall–Kier alpha value is -0.530. The fourth-order valence-electron chi connectivity index (χ4n) is 2.91. The molecule has 0 N–H and O–H groups in total. The monoisotopic (exact) mass is 266 g/mol. The molecule has 1 heterocycles. The van der Waals surface area contributed by atoms with Crippen LogP contribution in [0, 0.1) is 33.6 Å². The summed E-state index contributed by atoms with van der Waals surface area (Å²) in [6, 6.07) is 2.27. The van der Waals surface area contributed by atoms with Crippen LogP contribution in [0.4, 0.5) is 0 Å². The first kappa shape index (κ1) is 13.9. The van der Waals surface area contributed by atoms with Crippen molar-refractivity contribution in [2.24, 2.45) is 5.92 Å². The average molecular weight is 267 g/mol. The zero-order valence-electron chi connectivity index (χ0n) is 11.8. The van der Waals surface area contributed by atoms with E-state index >= 15 is 0 Å². The highest BCUT2D eigenvalue weighted by atomic mass is 35.5. The normalized spacial score (nSPS) is 18.9. The number of rotatable bonds is 2. The van der Waals surface area contributed by atoms with Gasteiger partial charge in [0.15, 0.2) is 0 Å². The van der Waals surface area contributed by atoms with Gasteiger partial charge in [-0.05, 0) is 74.3 Å². The van der Waals surface area contributed by atoms with Gasteiger partial charge in [0.1, 0.15) is 0 Å². The summed E-state index contributed by atoms with van der Waals surface area (Å²) < 4.78 is 5.44. The van der Waals surface area contributed by atoms with Crippen LogP contribution in [0.15, 0.2) is 6.07 Å². The van der Waals surface area contributed by atoms with Crippen molar-refractivity contribution in [3.8, 4) is 0 Å².